The van der Waals surface area contributed by atoms with E-state index in [1.54, 1.807) is 20.8 Å². The van der Waals surface area contributed by atoms with Crippen LogP contribution in [0.2, 0.25) is 0 Å². The van der Waals surface area contributed by atoms with Gasteiger partial charge in [0, 0.05) is 12.6 Å². The lowest BCUT2D eigenvalue weighted by Crippen LogP contribution is -2.43. The lowest BCUT2D eigenvalue weighted by Gasteiger charge is -2.20. The molecule has 0 bridgehead atoms. The lowest BCUT2D eigenvalue weighted by molar-refractivity contribution is -0.754. The Hall–Kier alpha value is -1.56. The largest absolute Gasteiger partial charge is 0.444 e. The van der Waals surface area contributed by atoms with Crippen LogP contribution < -0.4 is 10.00 Å². The van der Waals surface area contributed by atoms with Gasteiger partial charge >= 0.3 is 6.09 Å². The van der Waals surface area contributed by atoms with Crippen molar-refractivity contribution in [1.82, 2.24) is 10.00 Å². The van der Waals surface area contributed by atoms with Crippen molar-refractivity contribution in [2.45, 2.75) is 39.0 Å². The standard InChI is InChI=1S/C12H21N3O3/c1-12(2,3)18-11(17)13-8-10(16)9-15-7-5-6-14(15)4/h5-7,10,16H,8-9H2,1-4H3/p+1. The van der Waals surface area contributed by atoms with E-state index in [1.807, 2.05) is 34.9 Å². The highest BCUT2D eigenvalue weighted by Gasteiger charge is 2.17. The Morgan fingerprint density at radius 3 is 2.72 bits per heavy atom. The monoisotopic (exact) mass is 256 g/mol. The Balaban J connectivity index is 2.31. The number of nitrogens with one attached hydrogen (secondary N) is 1. The molecule has 1 rings (SSSR count). The van der Waals surface area contributed by atoms with Gasteiger partial charge in [-0.15, -0.1) is 4.68 Å². The molecule has 2 N–H and O–H groups in total. The highest BCUT2D eigenvalue weighted by Crippen LogP contribution is 2.06. The van der Waals surface area contributed by atoms with Gasteiger partial charge < -0.3 is 15.2 Å². The normalized spacial score (nSPS) is 13.2. The fraction of sp³-hybridized carbons (Fsp3) is 0.667. The van der Waals surface area contributed by atoms with Crippen LogP contribution in [0.5, 0.6) is 0 Å². The fourth-order valence-corrected chi connectivity index (χ4v) is 1.44. The minimum Gasteiger partial charge on any atom is -0.444 e. The van der Waals surface area contributed by atoms with Crippen molar-refractivity contribution in [1.29, 1.82) is 0 Å². The van der Waals surface area contributed by atoms with Gasteiger partial charge in [0.05, 0.1) is 12.3 Å². The first kappa shape index (κ1) is 14.5. The topological polar surface area (TPSA) is 67.4 Å². The number of aryl methyl sites for hydroxylation is 1. The fourth-order valence-electron chi connectivity index (χ4n) is 1.44. The van der Waals surface area contributed by atoms with E-state index in [9.17, 15) is 9.90 Å². The first-order valence-corrected chi connectivity index (χ1v) is 5.94. The van der Waals surface area contributed by atoms with Crippen LogP contribution in [0.15, 0.2) is 18.5 Å². The van der Waals surface area contributed by atoms with Gasteiger partial charge in [-0.2, -0.15) is 4.68 Å². The zero-order chi connectivity index (χ0) is 13.8. The number of hydrogen-bond donors (Lipinski definition) is 2. The summed E-state index contributed by atoms with van der Waals surface area (Å²) in [7, 11) is 1.88. The van der Waals surface area contributed by atoms with Gasteiger partial charge in [0.1, 0.15) is 12.1 Å². The number of carbonyl (C=O) groups is 1. The molecular weight excluding hydrogens is 234 g/mol. The van der Waals surface area contributed by atoms with E-state index < -0.39 is 17.8 Å². The van der Waals surface area contributed by atoms with Crippen molar-refractivity contribution in [3.05, 3.63) is 18.5 Å². The summed E-state index contributed by atoms with van der Waals surface area (Å²) < 4.78 is 8.78. The summed E-state index contributed by atoms with van der Waals surface area (Å²) in [5, 5.41) is 12.3. The molecule has 0 aliphatic heterocycles. The molecule has 1 unspecified atom stereocenters. The third kappa shape index (κ3) is 5.18. The number of carbonyl (C=O) groups excluding carboxylic acids is 1. The van der Waals surface area contributed by atoms with Crippen molar-refractivity contribution in [2.75, 3.05) is 6.54 Å². The molecule has 102 valence electrons. The summed E-state index contributed by atoms with van der Waals surface area (Å²) in [6, 6.07) is 1.88. The maximum absolute atomic E-state index is 11.4. The SMILES string of the molecule is C[n+]1cccn1CC(O)CNC(=O)OC(C)(C)C. The summed E-state index contributed by atoms with van der Waals surface area (Å²) >= 11 is 0. The summed E-state index contributed by atoms with van der Waals surface area (Å²) in [5.41, 5.74) is -0.526. The highest BCUT2D eigenvalue weighted by molar-refractivity contribution is 5.67. The number of aromatic nitrogens is 2. The molecule has 6 nitrogen and oxygen atoms in total. The van der Waals surface area contributed by atoms with Gasteiger partial charge in [-0.05, 0) is 20.8 Å². The van der Waals surface area contributed by atoms with Crippen LogP contribution in [-0.2, 0) is 18.3 Å². The van der Waals surface area contributed by atoms with Gasteiger partial charge in [0.15, 0.2) is 13.2 Å². The van der Waals surface area contributed by atoms with Gasteiger partial charge in [0.2, 0.25) is 0 Å². The number of aliphatic hydroxyl groups excluding tert-OH is 1. The molecule has 1 heterocycles. The minimum absolute atomic E-state index is 0.160. The van der Waals surface area contributed by atoms with Crippen LogP contribution >= 0.6 is 0 Å². The third-order valence-corrected chi connectivity index (χ3v) is 2.24. The molecule has 1 amide bonds. The van der Waals surface area contributed by atoms with E-state index in [4.69, 9.17) is 4.74 Å². The lowest BCUT2D eigenvalue weighted by atomic mass is 10.2. The Kier molecular flexibility index (Phi) is 4.72. The number of amides is 1. The zero-order valence-corrected chi connectivity index (χ0v) is 11.4. The Bertz CT molecular complexity index is 396. The van der Waals surface area contributed by atoms with Gasteiger partial charge in [-0.25, -0.2) is 4.79 Å². The number of alkyl carbamates (subject to hydrolysis) is 1. The van der Waals surface area contributed by atoms with Crippen molar-refractivity contribution in [2.24, 2.45) is 7.05 Å². The Morgan fingerprint density at radius 2 is 2.22 bits per heavy atom. The van der Waals surface area contributed by atoms with Crippen LogP contribution in [0.4, 0.5) is 4.79 Å². The molecule has 0 saturated carbocycles. The quantitative estimate of drug-likeness (QED) is 0.756. The second-order valence-corrected chi connectivity index (χ2v) is 5.22. The van der Waals surface area contributed by atoms with Crippen molar-refractivity contribution >= 4 is 6.09 Å². The molecular formula is C12H22N3O3+. The van der Waals surface area contributed by atoms with Gasteiger partial charge in [-0.3, -0.25) is 0 Å². The maximum Gasteiger partial charge on any atom is 0.407 e. The predicted molar refractivity (Wildman–Crippen MR) is 65.9 cm³/mol. The molecule has 1 aromatic rings. The first-order chi connectivity index (χ1) is 8.28. The van der Waals surface area contributed by atoms with E-state index in [2.05, 4.69) is 5.32 Å². The van der Waals surface area contributed by atoms with E-state index in [0.29, 0.717) is 6.54 Å². The maximum atomic E-state index is 11.4. The first-order valence-electron chi connectivity index (χ1n) is 5.94. The second kappa shape index (κ2) is 5.86. The molecule has 0 aliphatic rings. The molecule has 0 radical (unpaired) electrons. The Labute approximate surface area is 107 Å². The molecule has 0 fully saturated rings. The van der Waals surface area contributed by atoms with Crippen molar-refractivity contribution < 1.29 is 19.3 Å². The number of aliphatic hydroxyl groups is 1. The molecule has 1 atom stereocenters. The van der Waals surface area contributed by atoms with Crippen LogP contribution in [0, 0.1) is 0 Å². The molecule has 0 aromatic carbocycles. The van der Waals surface area contributed by atoms with E-state index >= 15 is 0 Å². The zero-order valence-electron chi connectivity index (χ0n) is 11.4. The predicted octanol–water partition coefficient (Wildman–Crippen LogP) is 0.198. The average Bonchev–Trinajstić information content (AvgIpc) is 2.59. The Morgan fingerprint density at radius 1 is 1.56 bits per heavy atom. The number of nitrogens with zero attached hydrogens (tertiary/aromatic N) is 2. The smallest absolute Gasteiger partial charge is 0.407 e. The van der Waals surface area contributed by atoms with Crippen LogP contribution in [0.25, 0.3) is 0 Å². The van der Waals surface area contributed by atoms with Gasteiger partial charge in [-0.1, -0.05) is 0 Å². The number of rotatable bonds is 4. The molecule has 0 spiro atoms. The second-order valence-electron chi connectivity index (χ2n) is 5.22. The van der Waals surface area contributed by atoms with Crippen LogP contribution in [0.3, 0.4) is 0 Å². The number of ether oxygens (including phenoxy) is 1. The van der Waals surface area contributed by atoms with E-state index in [0.717, 1.165) is 0 Å². The molecule has 1 aromatic heterocycles. The van der Waals surface area contributed by atoms with E-state index in [1.165, 1.54) is 0 Å². The summed E-state index contributed by atoms with van der Waals surface area (Å²) in [6.07, 6.45) is 2.57. The van der Waals surface area contributed by atoms with Crippen molar-refractivity contribution in [3.8, 4) is 0 Å². The van der Waals surface area contributed by atoms with Crippen LogP contribution in [-0.4, -0.2) is 34.1 Å². The molecule has 18 heavy (non-hydrogen) atoms. The molecule has 0 aliphatic carbocycles. The summed E-state index contributed by atoms with van der Waals surface area (Å²) in [5.74, 6) is 0. The van der Waals surface area contributed by atoms with Gasteiger partial charge in [0.25, 0.3) is 0 Å². The van der Waals surface area contributed by atoms with Crippen molar-refractivity contribution in [3.63, 3.8) is 0 Å². The molecule has 0 saturated heterocycles. The summed E-state index contributed by atoms with van der Waals surface area (Å²) in [6.45, 7) is 5.96. The highest BCUT2D eigenvalue weighted by atomic mass is 16.6. The minimum atomic E-state index is -0.656. The third-order valence-electron chi connectivity index (χ3n) is 2.24. The molecule has 6 heteroatoms. The van der Waals surface area contributed by atoms with E-state index in [-0.39, 0.29) is 6.54 Å². The van der Waals surface area contributed by atoms with Crippen LogP contribution in [0.1, 0.15) is 20.8 Å². The summed E-state index contributed by atoms with van der Waals surface area (Å²) in [4.78, 5) is 11.4. The number of hydrogen-bond acceptors (Lipinski definition) is 3. The average molecular weight is 256 g/mol.